The Bertz CT molecular complexity index is 889. The number of hydrogen-bond donors (Lipinski definition) is 1. The molecule has 2 aromatic rings. The van der Waals surface area contributed by atoms with Crippen molar-refractivity contribution in [3.8, 4) is 0 Å². The van der Waals surface area contributed by atoms with Gasteiger partial charge in [0.1, 0.15) is 10.7 Å². The van der Waals surface area contributed by atoms with Gasteiger partial charge >= 0.3 is 17.3 Å². The van der Waals surface area contributed by atoms with Crippen LogP contribution >= 0.6 is 10.2 Å². The lowest BCUT2D eigenvalue weighted by Gasteiger charge is -2.40. The molecule has 154 valence electrons. The van der Waals surface area contributed by atoms with Gasteiger partial charge in [-0.25, -0.2) is 4.98 Å². The number of hydrogen-bond acceptors (Lipinski definition) is 4. The summed E-state index contributed by atoms with van der Waals surface area (Å²) < 4.78 is 76.2. The van der Waals surface area contributed by atoms with Gasteiger partial charge in [0.15, 0.2) is 0 Å². The van der Waals surface area contributed by atoms with Crippen molar-refractivity contribution in [2.75, 3.05) is 5.32 Å². The smallest absolute Gasteiger partial charge is 0.399 e. The molecule has 11 heteroatoms. The first kappa shape index (κ1) is 20.9. The third-order valence-corrected chi connectivity index (χ3v) is 6.07. The van der Waals surface area contributed by atoms with E-state index in [1.54, 1.807) is 12.1 Å². The van der Waals surface area contributed by atoms with Crippen LogP contribution in [0.2, 0.25) is 0 Å². The minimum atomic E-state index is -9.71. The van der Waals surface area contributed by atoms with Gasteiger partial charge in [0.25, 0.3) is 0 Å². The maximum atomic E-state index is 12.9. The Kier molecular flexibility index (Phi) is 4.18. The highest BCUT2D eigenvalue weighted by atomic mass is 32.5. The summed E-state index contributed by atoms with van der Waals surface area (Å²) in [5, 5.41) is 2.84. The van der Waals surface area contributed by atoms with Gasteiger partial charge in [-0.05, 0) is 58.0 Å². The molecule has 0 bridgehead atoms. The van der Waals surface area contributed by atoms with E-state index in [1.807, 2.05) is 27.7 Å². The quantitative estimate of drug-likeness (QED) is 0.501. The SMILES string of the molecule is CC1(C)OB(c2cccnc2Nc2ccc(S(F)(F)(F)(F)F)cc2)OC1(C)C. The van der Waals surface area contributed by atoms with Crippen LogP contribution in [0.5, 0.6) is 0 Å². The Morgan fingerprint density at radius 1 is 0.893 bits per heavy atom. The number of nitrogens with zero attached hydrogens (tertiary/aromatic N) is 1. The Morgan fingerprint density at radius 2 is 1.43 bits per heavy atom. The Hall–Kier alpha value is -1.85. The van der Waals surface area contributed by atoms with Gasteiger partial charge in [-0.3, -0.25) is 0 Å². The molecule has 0 unspecified atom stereocenters. The normalized spacial score (nSPS) is 21.1. The third kappa shape index (κ3) is 4.11. The van der Waals surface area contributed by atoms with Gasteiger partial charge in [-0.15, -0.1) is 0 Å². The Labute approximate surface area is 160 Å². The van der Waals surface area contributed by atoms with E-state index in [1.165, 1.54) is 6.20 Å². The fourth-order valence-electron chi connectivity index (χ4n) is 2.61. The molecule has 0 radical (unpaired) electrons. The van der Waals surface area contributed by atoms with Gasteiger partial charge in [0, 0.05) is 17.3 Å². The second kappa shape index (κ2) is 5.61. The number of halogens is 5. The topological polar surface area (TPSA) is 43.4 Å². The van der Waals surface area contributed by atoms with Crippen LogP contribution in [0.4, 0.5) is 30.9 Å². The first-order valence-corrected chi connectivity index (χ1v) is 10.4. The molecule has 0 amide bonds. The average Bonchev–Trinajstić information content (AvgIpc) is 2.74. The number of pyridine rings is 1. The van der Waals surface area contributed by atoms with Crippen molar-refractivity contribution in [2.24, 2.45) is 0 Å². The highest BCUT2D eigenvalue weighted by molar-refractivity contribution is 8.45. The van der Waals surface area contributed by atoms with Gasteiger partial charge in [-0.2, -0.15) is 0 Å². The molecule has 1 saturated heterocycles. The van der Waals surface area contributed by atoms with Crippen LogP contribution in [-0.4, -0.2) is 23.3 Å². The zero-order valence-corrected chi connectivity index (χ0v) is 16.5. The molecule has 3 rings (SSSR count). The van der Waals surface area contributed by atoms with E-state index >= 15 is 0 Å². The molecule has 1 aliphatic heterocycles. The summed E-state index contributed by atoms with van der Waals surface area (Å²) in [6.45, 7) is 7.54. The number of nitrogens with one attached hydrogen (secondary N) is 1. The predicted molar refractivity (Wildman–Crippen MR) is 101 cm³/mol. The van der Waals surface area contributed by atoms with Gasteiger partial charge in [0.2, 0.25) is 0 Å². The van der Waals surface area contributed by atoms with Gasteiger partial charge in [-0.1, -0.05) is 25.5 Å². The number of aromatic nitrogens is 1. The lowest BCUT2D eigenvalue weighted by atomic mass is 9.79. The summed E-state index contributed by atoms with van der Waals surface area (Å²) in [7, 11) is -10.5. The van der Waals surface area contributed by atoms with Crippen LogP contribution in [-0.2, 0) is 9.31 Å². The van der Waals surface area contributed by atoms with Crippen molar-refractivity contribution >= 4 is 34.3 Å². The summed E-state index contributed by atoms with van der Waals surface area (Å²) >= 11 is 0. The van der Waals surface area contributed by atoms with Crippen molar-refractivity contribution < 1.29 is 28.7 Å². The van der Waals surface area contributed by atoms with Crippen LogP contribution in [0, 0.1) is 0 Å². The molecule has 1 N–H and O–H groups in total. The predicted octanol–water partition coefficient (Wildman–Crippen LogP) is 5.78. The van der Waals surface area contributed by atoms with Crippen molar-refractivity contribution in [1.29, 1.82) is 0 Å². The molecule has 0 spiro atoms. The minimum absolute atomic E-state index is 0.169. The standard InChI is InChI=1S/C17H20BF5N2O2S/c1-16(2)17(3,4)27-18(26-16)14-6-5-11-24-15(14)25-12-7-9-13(10-8-12)28(19,20,21,22)23/h5-11H,1-4H3,(H,24,25). The van der Waals surface area contributed by atoms with Crippen LogP contribution in [0.3, 0.4) is 0 Å². The van der Waals surface area contributed by atoms with E-state index in [-0.39, 0.29) is 5.69 Å². The molecule has 2 heterocycles. The highest BCUT2D eigenvalue weighted by Gasteiger charge is 2.65. The van der Waals surface area contributed by atoms with E-state index < -0.39 is 33.4 Å². The highest BCUT2D eigenvalue weighted by Crippen LogP contribution is 3.02. The van der Waals surface area contributed by atoms with E-state index in [0.717, 1.165) is 12.1 Å². The summed E-state index contributed by atoms with van der Waals surface area (Å²) in [6.07, 6.45) is 1.49. The summed E-state index contributed by atoms with van der Waals surface area (Å²) in [5.41, 5.74) is -0.470. The molecule has 1 aliphatic rings. The van der Waals surface area contributed by atoms with Crippen molar-refractivity contribution in [2.45, 2.75) is 43.8 Å². The lowest BCUT2D eigenvalue weighted by Crippen LogP contribution is -2.41. The molecule has 0 aliphatic carbocycles. The summed E-state index contributed by atoms with van der Waals surface area (Å²) in [4.78, 5) is 2.23. The zero-order valence-electron chi connectivity index (χ0n) is 15.7. The molecule has 1 aromatic heterocycles. The number of anilines is 2. The monoisotopic (exact) mass is 422 g/mol. The van der Waals surface area contributed by atoms with Crippen LogP contribution in [0.25, 0.3) is 0 Å². The fraction of sp³-hybridized carbons (Fsp3) is 0.353. The second-order valence-electron chi connectivity index (χ2n) is 7.65. The van der Waals surface area contributed by atoms with Crippen molar-refractivity contribution in [3.63, 3.8) is 0 Å². The van der Waals surface area contributed by atoms with Crippen molar-refractivity contribution in [3.05, 3.63) is 42.6 Å². The molecule has 28 heavy (non-hydrogen) atoms. The van der Waals surface area contributed by atoms with Crippen LogP contribution in [0.15, 0.2) is 47.5 Å². The number of benzene rings is 1. The van der Waals surface area contributed by atoms with E-state index in [0.29, 0.717) is 23.4 Å². The van der Waals surface area contributed by atoms with Crippen LogP contribution in [0.1, 0.15) is 27.7 Å². The first-order valence-electron chi connectivity index (χ1n) is 8.40. The zero-order chi connectivity index (χ0) is 21.1. The Morgan fingerprint density at radius 3 is 1.93 bits per heavy atom. The van der Waals surface area contributed by atoms with Crippen LogP contribution < -0.4 is 10.8 Å². The Balaban J connectivity index is 1.88. The molecular formula is C17H20BF5N2O2S. The van der Waals surface area contributed by atoms with Gasteiger partial charge < -0.3 is 14.6 Å². The largest absolute Gasteiger partial charge is 0.498 e. The molecule has 1 aromatic carbocycles. The maximum Gasteiger partial charge on any atom is 0.498 e. The molecule has 0 saturated carbocycles. The number of rotatable bonds is 4. The molecule has 1 fully saturated rings. The molecular weight excluding hydrogens is 402 g/mol. The first-order chi connectivity index (χ1) is 12.5. The fourth-order valence-corrected chi connectivity index (χ4v) is 3.26. The minimum Gasteiger partial charge on any atom is -0.399 e. The van der Waals surface area contributed by atoms with E-state index in [2.05, 4.69) is 10.3 Å². The summed E-state index contributed by atoms with van der Waals surface area (Å²) in [6, 6.07) is 5.93. The van der Waals surface area contributed by atoms with E-state index in [9.17, 15) is 19.4 Å². The van der Waals surface area contributed by atoms with Gasteiger partial charge in [0.05, 0.1) is 11.2 Å². The van der Waals surface area contributed by atoms with E-state index in [4.69, 9.17) is 9.31 Å². The lowest BCUT2D eigenvalue weighted by molar-refractivity contribution is 0.00578. The molecule has 4 nitrogen and oxygen atoms in total. The molecule has 0 atom stereocenters. The third-order valence-electron chi connectivity index (χ3n) is 4.91. The average molecular weight is 422 g/mol. The summed E-state index contributed by atoms with van der Waals surface area (Å²) in [5.74, 6) is 0.293. The maximum absolute atomic E-state index is 12.9. The van der Waals surface area contributed by atoms with Crippen molar-refractivity contribution in [1.82, 2.24) is 4.98 Å². The second-order valence-corrected chi connectivity index (χ2v) is 10.1.